The molecule has 2 aromatic carbocycles. The van der Waals surface area contributed by atoms with Crippen LogP contribution in [0.4, 0.5) is 8.78 Å². The van der Waals surface area contributed by atoms with Gasteiger partial charge in [-0.05, 0) is 36.6 Å². The van der Waals surface area contributed by atoms with Gasteiger partial charge in [-0.1, -0.05) is 5.11 Å². The van der Waals surface area contributed by atoms with Crippen LogP contribution < -0.4 is 4.74 Å². The molecule has 1 heterocycles. The molecule has 0 spiro atoms. The third-order valence-electron chi connectivity index (χ3n) is 3.89. The van der Waals surface area contributed by atoms with Gasteiger partial charge in [0.25, 0.3) is 0 Å². The highest BCUT2D eigenvalue weighted by Gasteiger charge is 2.17. The van der Waals surface area contributed by atoms with Crippen molar-refractivity contribution in [1.29, 1.82) is 5.26 Å². The molecule has 6 nitrogen and oxygen atoms in total. The number of fused-ring (bicyclic) bond motifs is 1. The molecular formula is C18H13F2N5O. The molecule has 1 N–H and O–H groups in total. The third kappa shape index (κ3) is 3.43. The fourth-order valence-corrected chi connectivity index (χ4v) is 2.72. The Morgan fingerprint density at radius 3 is 2.85 bits per heavy atom. The lowest BCUT2D eigenvalue weighted by atomic mass is 10.0. The van der Waals surface area contributed by atoms with Crippen molar-refractivity contribution in [2.75, 3.05) is 6.54 Å². The smallest absolute Gasteiger partial charge is 0.168 e. The van der Waals surface area contributed by atoms with Gasteiger partial charge in [-0.15, -0.1) is 0 Å². The first-order valence-electron chi connectivity index (χ1n) is 7.81. The molecule has 0 radical (unpaired) electrons. The topological polar surface area (TPSA) is 97.6 Å². The summed E-state index contributed by atoms with van der Waals surface area (Å²) in [7, 11) is 0. The molecule has 3 rings (SSSR count). The van der Waals surface area contributed by atoms with Crippen molar-refractivity contribution in [2.24, 2.45) is 5.11 Å². The number of rotatable bonds is 6. The average molecular weight is 353 g/mol. The Kier molecular flexibility index (Phi) is 5.02. The maximum absolute atomic E-state index is 14.6. The molecule has 0 aliphatic rings. The maximum atomic E-state index is 14.6. The maximum Gasteiger partial charge on any atom is 0.168 e. The molecule has 1 aromatic heterocycles. The summed E-state index contributed by atoms with van der Waals surface area (Å²) in [5, 5.41) is 13.2. The van der Waals surface area contributed by atoms with Crippen LogP contribution in [0.5, 0.6) is 11.5 Å². The van der Waals surface area contributed by atoms with Gasteiger partial charge < -0.3 is 9.72 Å². The van der Waals surface area contributed by atoms with Gasteiger partial charge in [0.15, 0.2) is 11.6 Å². The summed E-state index contributed by atoms with van der Waals surface area (Å²) < 4.78 is 33.8. The number of halogens is 2. The minimum absolute atomic E-state index is 0.00790. The fraction of sp³-hybridized carbons (Fsp3) is 0.167. The van der Waals surface area contributed by atoms with E-state index in [9.17, 15) is 8.78 Å². The minimum Gasteiger partial charge on any atom is -0.454 e. The van der Waals surface area contributed by atoms with Crippen molar-refractivity contribution < 1.29 is 13.5 Å². The lowest BCUT2D eigenvalue weighted by molar-refractivity contribution is 0.436. The van der Waals surface area contributed by atoms with E-state index in [1.807, 2.05) is 0 Å². The molecule has 0 aliphatic heterocycles. The second kappa shape index (κ2) is 7.55. The summed E-state index contributed by atoms with van der Waals surface area (Å²) in [6, 6.07) is 8.50. The summed E-state index contributed by atoms with van der Waals surface area (Å²) in [5.74, 6) is -1.08. The molecule has 0 saturated carbocycles. The van der Waals surface area contributed by atoms with Gasteiger partial charge in [-0.2, -0.15) is 5.26 Å². The SMILES string of the molecule is N#Cc1cc(Oc2c(F)cc3[nH]ccc3c2CCCN=[N+]=[N-])ccc1F. The Balaban J connectivity index is 2.02. The minimum atomic E-state index is -0.670. The van der Waals surface area contributed by atoms with Gasteiger partial charge in [0.05, 0.1) is 5.56 Å². The summed E-state index contributed by atoms with van der Waals surface area (Å²) in [4.78, 5) is 5.65. The number of hydrogen-bond acceptors (Lipinski definition) is 3. The zero-order chi connectivity index (χ0) is 18.5. The second-order valence-electron chi connectivity index (χ2n) is 5.52. The van der Waals surface area contributed by atoms with E-state index in [0.717, 1.165) is 11.5 Å². The van der Waals surface area contributed by atoms with Crippen LogP contribution in [0.25, 0.3) is 21.3 Å². The highest BCUT2D eigenvalue weighted by Crippen LogP contribution is 2.35. The number of H-pyrrole nitrogens is 1. The molecule has 8 heteroatoms. The number of nitrogens with zero attached hydrogens (tertiary/aromatic N) is 4. The third-order valence-corrected chi connectivity index (χ3v) is 3.89. The number of azide groups is 1. The van der Waals surface area contributed by atoms with Crippen molar-refractivity contribution in [3.05, 3.63) is 69.7 Å². The monoisotopic (exact) mass is 353 g/mol. The van der Waals surface area contributed by atoms with Crippen molar-refractivity contribution in [3.63, 3.8) is 0 Å². The quantitative estimate of drug-likeness (QED) is 0.279. The largest absolute Gasteiger partial charge is 0.454 e. The summed E-state index contributed by atoms with van der Waals surface area (Å²) in [5.41, 5.74) is 9.42. The lowest BCUT2D eigenvalue weighted by Crippen LogP contribution is -1.99. The molecule has 0 amide bonds. The molecule has 0 bridgehead atoms. The number of aryl methyl sites for hydroxylation is 1. The average Bonchev–Trinajstić information content (AvgIpc) is 3.10. The Bertz CT molecular complexity index is 1050. The molecule has 0 aliphatic carbocycles. The van der Waals surface area contributed by atoms with Gasteiger partial charge in [0.2, 0.25) is 0 Å². The van der Waals surface area contributed by atoms with E-state index in [-0.39, 0.29) is 23.6 Å². The predicted octanol–water partition coefficient (Wildman–Crippen LogP) is 5.35. The van der Waals surface area contributed by atoms with Crippen LogP contribution in [0.15, 0.2) is 41.6 Å². The Labute approximate surface area is 147 Å². The standard InChI is InChI=1S/C18H13F2N5O/c19-15-4-3-12(8-11(15)10-21)26-18-14(2-1-6-24-25-22)13-5-7-23-17(13)9-16(18)20/h3-5,7-9,23H,1-2,6H2. The van der Waals surface area contributed by atoms with Crippen LogP contribution >= 0.6 is 0 Å². The molecule has 26 heavy (non-hydrogen) atoms. The Hall–Kier alpha value is -3.56. The molecule has 0 fully saturated rings. The predicted molar refractivity (Wildman–Crippen MR) is 91.8 cm³/mol. The summed E-state index contributed by atoms with van der Waals surface area (Å²) in [6.45, 7) is 0.271. The van der Waals surface area contributed by atoms with E-state index in [2.05, 4.69) is 15.0 Å². The van der Waals surface area contributed by atoms with Crippen molar-refractivity contribution in [1.82, 2.24) is 4.98 Å². The van der Waals surface area contributed by atoms with E-state index >= 15 is 0 Å². The summed E-state index contributed by atoms with van der Waals surface area (Å²) in [6.07, 6.45) is 2.63. The molecule has 0 atom stereocenters. The number of aromatic nitrogens is 1. The van der Waals surface area contributed by atoms with Crippen molar-refractivity contribution in [3.8, 4) is 17.6 Å². The number of ether oxygens (including phenoxy) is 1. The van der Waals surface area contributed by atoms with Crippen LogP contribution in [-0.4, -0.2) is 11.5 Å². The number of aromatic amines is 1. The number of nitrogens with one attached hydrogen (secondary N) is 1. The second-order valence-corrected chi connectivity index (χ2v) is 5.52. The molecular weight excluding hydrogens is 340 g/mol. The Morgan fingerprint density at radius 2 is 2.08 bits per heavy atom. The first-order valence-corrected chi connectivity index (χ1v) is 7.81. The lowest BCUT2D eigenvalue weighted by Gasteiger charge is -2.14. The van der Waals surface area contributed by atoms with E-state index in [1.165, 1.54) is 18.2 Å². The van der Waals surface area contributed by atoms with Crippen LogP contribution in [-0.2, 0) is 6.42 Å². The van der Waals surface area contributed by atoms with Gasteiger partial charge in [0.1, 0.15) is 17.6 Å². The number of hydrogen-bond donors (Lipinski definition) is 1. The highest BCUT2D eigenvalue weighted by atomic mass is 19.1. The van der Waals surface area contributed by atoms with Gasteiger partial charge in [0, 0.05) is 46.3 Å². The van der Waals surface area contributed by atoms with Crippen molar-refractivity contribution in [2.45, 2.75) is 12.8 Å². The highest BCUT2D eigenvalue weighted by molar-refractivity contribution is 5.85. The number of benzene rings is 2. The fourth-order valence-electron chi connectivity index (χ4n) is 2.72. The zero-order valence-electron chi connectivity index (χ0n) is 13.5. The van der Waals surface area contributed by atoms with Crippen LogP contribution in [0.1, 0.15) is 17.5 Å². The molecule has 130 valence electrons. The van der Waals surface area contributed by atoms with Crippen LogP contribution in [0.3, 0.4) is 0 Å². The number of nitriles is 1. The molecule has 0 unspecified atom stereocenters. The van der Waals surface area contributed by atoms with E-state index in [4.69, 9.17) is 15.5 Å². The first-order chi connectivity index (χ1) is 12.6. The van der Waals surface area contributed by atoms with E-state index < -0.39 is 11.6 Å². The Morgan fingerprint density at radius 1 is 1.23 bits per heavy atom. The van der Waals surface area contributed by atoms with Gasteiger partial charge in [-0.3, -0.25) is 0 Å². The molecule has 0 saturated heterocycles. The van der Waals surface area contributed by atoms with Gasteiger partial charge >= 0.3 is 0 Å². The van der Waals surface area contributed by atoms with Crippen LogP contribution in [0.2, 0.25) is 0 Å². The van der Waals surface area contributed by atoms with Crippen LogP contribution in [0, 0.1) is 23.0 Å². The van der Waals surface area contributed by atoms with Gasteiger partial charge in [-0.25, -0.2) is 8.78 Å². The zero-order valence-corrected chi connectivity index (χ0v) is 13.5. The van der Waals surface area contributed by atoms with E-state index in [1.54, 1.807) is 18.3 Å². The van der Waals surface area contributed by atoms with E-state index in [0.29, 0.717) is 23.9 Å². The first kappa shape index (κ1) is 17.3. The summed E-state index contributed by atoms with van der Waals surface area (Å²) >= 11 is 0. The van der Waals surface area contributed by atoms with Crippen molar-refractivity contribution >= 4 is 10.9 Å². The normalized spacial score (nSPS) is 10.3. The molecule has 3 aromatic rings.